The zero-order chi connectivity index (χ0) is 15.2. The summed E-state index contributed by atoms with van der Waals surface area (Å²) in [5.74, 6) is 0.732. The molecule has 2 aromatic rings. The standard InChI is InChI=1S/C13H14Cl2N4O2/c1-3-6-16-11-17-12(20-2)19-13(18-11)21-10-7-8(14)4-5-9(10)15/h4-5,7H,3,6H2,1-2H3,(H,16,17,18,19). The summed E-state index contributed by atoms with van der Waals surface area (Å²) in [4.78, 5) is 12.2. The van der Waals surface area contributed by atoms with E-state index < -0.39 is 0 Å². The van der Waals surface area contributed by atoms with E-state index in [0.717, 1.165) is 13.0 Å². The van der Waals surface area contributed by atoms with Crippen molar-refractivity contribution >= 4 is 29.2 Å². The van der Waals surface area contributed by atoms with Crippen LogP contribution in [0.4, 0.5) is 5.95 Å². The van der Waals surface area contributed by atoms with Gasteiger partial charge in [0.1, 0.15) is 0 Å². The molecule has 0 bridgehead atoms. The Morgan fingerprint density at radius 2 is 1.90 bits per heavy atom. The topological polar surface area (TPSA) is 69.2 Å². The third-order valence-corrected chi connectivity index (χ3v) is 2.95. The molecule has 8 heteroatoms. The second-order valence-electron chi connectivity index (χ2n) is 4.03. The Hall–Kier alpha value is -1.79. The molecular formula is C13H14Cl2N4O2. The molecule has 0 fully saturated rings. The Labute approximate surface area is 132 Å². The van der Waals surface area contributed by atoms with E-state index in [1.54, 1.807) is 18.2 Å². The molecule has 0 spiro atoms. The van der Waals surface area contributed by atoms with E-state index in [4.69, 9.17) is 32.7 Å². The summed E-state index contributed by atoms with van der Waals surface area (Å²) in [6.45, 7) is 2.76. The number of methoxy groups -OCH3 is 1. The van der Waals surface area contributed by atoms with Crippen molar-refractivity contribution in [3.8, 4) is 17.8 Å². The van der Waals surface area contributed by atoms with Crippen LogP contribution >= 0.6 is 23.2 Å². The third kappa shape index (κ3) is 4.34. The van der Waals surface area contributed by atoms with E-state index in [1.807, 2.05) is 6.92 Å². The lowest BCUT2D eigenvalue weighted by Crippen LogP contribution is -2.07. The molecule has 0 saturated heterocycles. The monoisotopic (exact) mass is 328 g/mol. The van der Waals surface area contributed by atoms with Crippen LogP contribution in [0.25, 0.3) is 0 Å². The molecule has 1 heterocycles. The Bertz CT molecular complexity index is 625. The molecule has 0 atom stereocenters. The molecule has 0 radical (unpaired) electrons. The molecular weight excluding hydrogens is 315 g/mol. The average Bonchev–Trinajstić information content (AvgIpc) is 2.48. The van der Waals surface area contributed by atoms with E-state index in [0.29, 0.717) is 21.7 Å². The average molecular weight is 329 g/mol. The first kappa shape index (κ1) is 15.6. The molecule has 0 unspecified atom stereocenters. The number of hydrogen-bond donors (Lipinski definition) is 1. The number of rotatable bonds is 6. The lowest BCUT2D eigenvalue weighted by Gasteiger charge is -2.09. The van der Waals surface area contributed by atoms with Gasteiger partial charge in [0.25, 0.3) is 0 Å². The largest absolute Gasteiger partial charge is 0.467 e. The van der Waals surface area contributed by atoms with Crippen LogP contribution in [-0.2, 0) is 0 Å². The number of benzene rings is 1. The second kappa shape index (κ2) is 7.28. The van der Waals surface area contributed by atoms with Crippen molar-refractivity contribution < 1.29 is 9.47 Å². The minimum atomic E-state index is 0.0737. The third-order valence-electron chi connectivity index (χ3n) is 2.40. The zero-order valence-electron chi connectivity index (χ0n) is 11.6. The van der Waals surface area contributed by atoms with Gasteiger partial charge in [-0.1, -0.05) is 30.1 Å². The minimum absolute atomic E-state index is 0.0737. The Kier molecular flexibility index (Phi) is 5.41. The molecule has 0 aliphatic heterocycles. The van der Waals surface area contributed by atoms with Crippen LogP contribution in [0.15, 0.2) is 18.2 Å². The van der Waals surface area contributed by atoms with E-state index >= 15 is 0 Å². The molecule has 0 aliphatic rings. The van der Waals surface area contributed by atoms with Crippen LogP contribution in [0.3, 0.4) is 0 Å². The molecule has 2 rings (SSSR count). The van der Waals surface area contributed by atoms with Crippen molar-refractivity contribution in [2.45, 2.75) is 13.3 Å². The quantitative estimate of drug-likeness (QED) is 0.869. The summed E-state index contributed by atoms with van der Waals surface area (Å²) in [7, 11) is 1.47. The summed E-state index contributed by atoms with van der Waals surface area (Å²) in [6, 6.07) is 5.10. The van der Waals surface area contributed by atoms with Gasteiger partial charge in [-0.3, -0.25) is 0 Å². The van der Waals surface area contributed by atoms with Crippen molar-refractivity contribution in [2.24, 2.45) is 0 Å². The van der Waals surface area contributed by atoms with Gasteiger partial charge in [-0.15, -0.1) is 4.98 Å². The molecule has 1 aromatic carbocycles. The summed E-state index contributed by atoms with van der Waals surface area (Å²) >= 11 is 12.0. The van der Waals surface area contributed by atoms with Crippen molar-refractivity contribution in [3.63, 3.8) is 0 Å². The number of nitrogens with zero attached hydrogens (tertiary/aromatic N) is 3. The fraction of sp³-hybridized carbons (Fsp3) is 0.308. The summed E-state index contributed by atoms with van der Waals surface area (Å²) in [5, 5.41) is 3.94. The number of nitrogens with one attached hydrogen (secondary N) is 1. The number of halogens is 2. The van der Waals surface area contributed by atoms with Gasteiger partial charge in [0.15, 0.2) is 5.75 Å². The van der Waals surface area contributed by atoms with E-state index in [2.05, 4.69) is 20.3 Å². The van der Waals surface area contributed by atoms with Crippen LogP contribution in [0.2, 0.25) is 10.0 Å². The van der Waals surface area contributed by atoms with Crippen LogP contribution in [0.5, 0.6) is 17.8 Å². The maximum atomic E-state index is 6.04. The van der Waals surface area contributed by atoms with Gasteiger partial charge in [0, 0.05) is 17.6 Å². The summed E-state index contributed by atoms with van der Waals surface area (Å²) in [5.41, 5.74) is 0. The van der Waals surface area contributed by atoms with Crippen LogP contribution in [0, 0.1) is 0 Å². The van der Waals surface area contributed by atoms with E-state index in [9.17, 15) is 0 Å². The number of hydrogen-bond acceptors (Lipinski definition) is 6. The summed E-state index contributed by atoms with van der Waals surface area (Å²) in [6.07, 6.45) is 0.935. The first-order chi connectivity index (χ1) is 10.1. The Balaban J connectivity index is 2.27. The lowest BCUT2D eigenvalue weighted by atomic mass is 10.3. The predicted octanol–water partition coefficient (Wildman–Crippen LogP) is 3.80. The molecule has 6 nitrogen and oxygen atoms in total. The maximum absolute atomic E-state index is 6.04. The highest BCUT2D eigenvalue weighted by Gasteiger charge is 2.11. The lowest BCUT2D eigenvalue weighted by molar-refractivity contribution is 0.360. The Morgan fingerprint density at radius 1 is 1.14 bits per heavy atom. The molecule has 0 saturated carbocycles. The summed E-state index contributed by atoms with van der Waals surface area (Å²) < 4.78 is 10.6. The Morgan fingerprint density at radius 3 is 2.62 bits per heavy atom. The number of anilines is 1. The first-order valence-corrected chi connectivity index (χ1v) is 7.04. The van der Waals surface area contributed by atoms with Crippen LogP contribution < -0.4 is 14.8 Å². The van der Waals surface area contributed by atoms with Gasteiger partial charge < -0.3 is 14.8 Å². The smallest absolute Gasteiger partial charge is 0.330 e. The SMILES string of the molecule is CCCNc1nc(OC)nc(Oc2cc(Cl)ccc2Cl)n1. The second-order valence-corrected chi connectivity index (χ2v) is 4.88. The fourth-order valence-electron chi connectivity index (χ4n) is 1.44. The molecule has 112 valence electrons. The van der Waals surface area contributed by atoms with Crippen molar-refractivity contribution in [1.82, 2.24) is 15.0 Å². The van der Waals surface area contributed by atoms with Crippen LogP contribution in [-0.4, -0.2) is 28.6 Å². The van der Waals surface area contributed by atoms with Gasteiger partial charge in [-0.25, -0.2) is 0 Å². The van der Waals surface area contributed by atoms with Gasteiger partial charge in [-0.05, 0) is 18.6 Å². The van der Waals surface area contributed by atoms with E-state index in [-0.39, 0.29) is 12.0 Å². The highest BCUT2D eigenvalue weighted by molar-refractivity contribution is 6.34. The predicted molar refractivity (Wildman–Crippen MR) is 81.7 cm³/mol. The van der Waals surface area contributed by atoms with E-state index in [1.165, 1.54) is 7.11 Å². The molecule has 21 heavy (non-hydrogen) atoms. The minimum Gasteiger partial charge on any atom is -0.467 e. The molecule has 0 amide bonds. The van der Waals surface area contributed by atoms with Gasteiger partial charge in [0.2, 0.25) is 5.95 Å². The zero-order valence-corrected chi connectivity index (χ0v) is 13.1. The maximum Gasteiger partial charge on any atom is 0.330 e. The van der Waals surface area contributed by atoms with Crippen molar-refractivity contribution in [3.05, 3.63) is 28.2 Å². The van der Waals surface area contributed by atoms with Gasteiger partial charge in [-0.2, -0.15) is 9.97 Å². The molecule has 1 aromatic heterocycles. The fourth-order valence-corrected chi connectivity index (χ4v) is 1.76. The first-order valence-electron chi connectivity index (χ1n) is 6.29. The van der Waals surface area contributed by atoms with Crippen molar-refractivity contribution in [1.29, 1.82) is 0 Å². The highest BCUT2D eigenvalue weighted by Crippen LogP contribution is 2.31. The normalized spacial score (nSPS) is 10.3. The number of aromatic nitrogens is 3. The molecule has 0 aliphatic carbocycles. The van der Waals surface area contributed by atoms with Gasteiger partial charge in [0.05, 0.1) is 12.1 Å². The van der Waals surface area contributed by atoms with Gasteiger partial charge >= 0.3 is 12.0 Å². The van der Waals surface area contributed by atoms with Crippen LogP contribution in [0.1, 0.15) is 13.3 Å². The molecule has 1 N–H and O–H groups in total. The van der Waals surface area contributed by atoms with Crippen molar-refractivity contribution in [2.75, 3.05) is 19.0 Å². The number of ether oxygens (including phenoxy) is 2. The highest BCUT2D eigenvalue weighted by atomic mass is 35.5.